The predicted octanol–water partition coefficient (Wildman–Crippen LogP) is 2.36. The number of aliphatic carboxylic acids is 1. The predicted molar refractivity (Wildman–Crippen MR) is 83.1 cm³/mol. The second kappa shape index (κ2) is 6.38. The molecule has 22 heavy (non-hydrogen) atoms. The van der Waals surface area contributed by atoms with Gasteiger partial charge in [0, 0.05) is 20.0 Å². The van der Waals surface area contributed by atoms with Crippen LogP contribution in [0.25, 0.3) is 0 Å². The maximum atomic E-state index is 12.7. The van der Waals surface area contributed by atoms with Crippen molar-refractivity contribution in [1.29, 1.82) is 0 Å². The number of ether oxygens (including phenoxy) is 1. The van der Waals surface area contributed by atoms with Crippen LogP contribution in [0.15, 0.2) is 18.2 Å². The van der Waals surface area contributed by atoms with E-state index in [0.29, 0.717) is 13.0 Å². The number of methoxy groups -OCH3 is 1. The Hall–Kier alpha value is -2.04. The number of hydrogen-bond donors (Lipinski definition) is 1. The number of nitrogens with zero attached hydrogens (tertiary/aromatic N) is 1. The highest BCUT2D eigenvalue weighted by Crippen LogP contribution is 2.50. The molecule has 0 saturated heterocycles. The summed E-state index contributed by atoms with van der Waals surface area (Å²) in [4.78, 5) is 24.9. The molecule has 1 fully saturated rings. The number of amides is 1. The van der Waals surface area contributed by atoms with E-state index in [-0.39, 0.29) is 12.3 Å². The van der Waals surface area contributed by atoms with Crippen LogP contribution in [-0.2, 0) is 15.0 Å². The van der Waals surface area contributed by atoms with Crippen LogP contribution >= 0.6 is 0 Å². The molecule has 120 valence electrons. The SMILES string of the molecule is COc1cc(C2(C(=O)N(C)CCCC(=O)O)CC2)ccc1C. The summed E-state index contributed by atoms with van der Waals surface area (Å²) in [5.74, 6) is 0.0409. The van der Waals surface area contributed by atoms with Gasteiger partial charge in [-0.3, -0.25) is 9.59 Å². The minimum atomic E-state index is -0.828. The number of carbonyl (C=O) groups excluding carboxylic acids is 1. The highest BCUT2D eigenvalue weighted by molar-refractivity contribution is 5.91. The second-order valence-corrected chi connectivity index (χ2v) is 5.99. The fourth-order valence-electron chi connectivity index (χ4n) is 2.80. The van der Waals surface area contributed by atoms with Gasteiger partial charge >= 0.3 is 5.97 Å². The number of benzene rings is 1. The average molecular weight is 305 g/mol. The van der Waals surface area contributed by atoms with Gasteiger partial charge in [-0.15, -0.1) is 0 Å². The normalized spacial score (nSPS) is 15.2. The van der Waals surface area contributed by atoms with Gasteiger partial charge in [-0.05, 0) is 43.4 Å². The quantitative estimate of drug-likeness (QED) is 0.840. The van der Waals surface area contributed by atoms with Crippen LogP contribution in [0.5, 0.6) is 5.75 Å². The van der Waals surface area contributed by atoms with Crippen molar-refractivity contribution in [2.45, 2.75) is 38.0 Å². The van der Waals surface area contributed by atoms with E-state index < -0.39 is 11.4 Å². The molecule has 0 atom stereocenters. The third-order valence-electron chi connectivity index (χ3n) is 4.35. The topological polar surface area (TPSA) is 66.8 Å². The van der Waals surface area contributed by atoms with Crippen molar-refractivity contribution in [3.8, 4) is 5.75 Å². The molecule has 1 aliphatic rings. The fraction of sp³-hybridized carbons (Fsp3) is 0.529. The van der Waals surface area contributed by atoms with E-state index in [2.05, 4.69) is 0 Å². The van der Waals surface area contributed by atoms with Gasteiger partial charge in [0.2, 0.25) is 5.91 Å². The first-order chi connectivity index (χ1) is 10.4. The van der Waals surface area contributed by atoms with E-state index in [1.165, 1.54) is 0 Å². The monoisotopic (exact) mass is 305 g/mol. The standard InChI is InChI=1S/C17H23NO4/c1-12-6-7-13(11-14(12)22-3)17(8-9-17)16(21)18(2)10-4-5-15(19)20/h6-7,11H,4-5,8-10H2,1-3H3,(H,19,20). The molecule has 0 aromatic heterocycles. The Morgan fingerprint density at radius 3 is 2.59 bits per heavy atom. The number of carbonyl (C=O) groups is 2. The van der Waals surface area contributed by atoms with Gasteiger partial charge in [-0.2, -0.15) is 0 Å². The molecule has 0 unspecified atom stereocenters. The molecule has 0 bridgehead atoms. The summed E-state index contributed by atoms with van der Waals surface area (Å²) in [6.07, 6.45) is 2.23. The van der Waals surface area contributed by atoms with Crippen molar-refractivity contribution in [1.82, 2.24) is 4.90 Å². The zero-order valence-electron chi connectivity index (χ0n) is 13.4. The smallest absolute Gasteiger partial charge is 0.303 e. The molecule has 5 nitrogen and oxygen atoms in total. The Kier molecular flexibility index (Phi) is 4.74. The molecule has 0 spiro atoms. The molecule has 1 saturated carbocycles. The van der Waals surface area contributed by atoms with Crippen molar-refractivity contribution in [3.05, 3.63) is 29.3 Å². The Labute approximate surface area is 130 Å². The van der Waals surface area contributed by atoms with E-state index in [9.17, 15) is 9.59 Å². The largest absolute Gasteiger partial charge is 0.496 e. The molecule has 0 radical (unpaired) electrons. The molecule has 0 heterocycles. The molecule has 1 aromatic carbocycles. The summed E-state index contributed by atoms with van der Waals surface area (Å²) in [6.45, 7) is 2.44. The van der Waals surface area contributed by atoms with Crippen LogP contribution in [0.1, 0.15) is 36.8 Å². The number of likely N-dealkylation sites (N-methyl/N-ethyl adjacent to an activating group) is 1. The number of carboxylic acids is 1. The fourth-order valence-corrected chi connectivity index (χ4v) is 2.80. The van der Waals surface area contributed by atoms with Crippen molar-refractivity contribution in [3.63, 3.8) is 0 Å². The number of aryl methyl sites for hydroxylation is 1. The molecule has 1 amide bonds. The van der Waals surface area contributed by atoms with E-state index >= 15 is 0 Å². The summed E-state index contributed by atoms with van der Waals surface area (Å²) >= 11 is 0. The van der Waals surface area contributed by atoms with E-state index in [1.807, 2.05) is 25.1 Å². The third kappa shape index (κ3) is 3.24. The molecule has 1 aromatic rings. The van der Waals surface area contributed by atoms with Gasteiger partial charge < -0.3 is 14.7 Å². The first-order valence-corrected chi connectivity index (χ1v) is 7.53. The third-order valence-corrected chi connectivity index (χ3v) is 4.35. The van der Waals surface area contributed by atoms with Gasteiger partial charge in [-0.25, -0.2) is 0 Å². The molecule has 0 aliphatic heterocycles. The van der Waals surface area contributed by atoms with Crippen LogP contribution in [0, 0.1) is 6.92 Å². The van der Waals surface area contributed by atoms with Crippen LogP contribution in [-0.4, -0.2) is 42.6 Å². The Bertz CT molecular complexity index is 578. The highest BCUT2D eigenvalue weighted by Gasteiger charge is 2.52. The van der Waals surface area contributed by atoms with Gasteiger partial charge in [0.05, 0.1) is 12.5 Å². The summed E-state index contributed by atoms with van der Waals surface area (Å²) in [7, 11) is 3.38. The summed E-state index contributed by atoms with van der Waals surface area (Å²) in [5, 5.41) is 8.68. The molecular formula is C17H23NO4. The minimum absolute atomic E-state index is 0.0730. The van der Waals surface area contributed by atoms with E-state index in [0.717, 1.165) is 29.7 Å². The maximum Gasteiger partial charge on any atom is 0.303 e. The highest BCUT2D eigenvalue weighted by atomic mass is 16.5. The second-order valence-electron chi connectivity index (χ2n) is 5.99. The minimum Gasteiger partial charge on any atom is -0.496 e. The first kappa shape index (κ1) is 16.3. The lowest BCUT2D eigenvalue weighted by Gasteiger charge is -2.24. The van der Waals surface area contributed by atoms with Crippen molar-refractivity contribution >= 4 is 11.9 Å². The van der Waals surface area contributed by atoms with Crippen LogP contribution < -0.4 is 4.74 Å². The van der Waals surface area contributed by atoms with Gasteiger partial charge in [-0.1, -0.05) is 12.1 Å². The first-order valence-electron chi connectivity index (χ1n) is 7.53. The molecule has 5 heteroatoms. The van der Waals surface area contributed by atoms with Gasteiger partial charge in [0.25, 0.3) is 0 Å². The zero-order chi connectivity index (χ0) is 16.3. The van der Waals surface area contributed by atoms with Crippen molar-refractivity contribution in [2.24, 2.45) is 0 Å². The lowest BCUT2D eigenvalue weighted by molar-refractivity contribution is -0.138. The summed E-state index contributed by atoms with van der Waals surface area (Å²) in [6, 6.07) is 5.92. The van der Waals surface area contributed by atoms with Crippen LogP contribution in [0.3, 0.4) is 0 Å². The Morgan fingerprint density at radius 1 is 1.36 bits per heavy atom. The van der Waals surface area contributed by atoms with Crippen molar-refractivity contribution < 1.29 is 19.4 Å². The number of carboxylic acid groups (broad SMARTS) is 1. The molecule has 2 rings (SSSR count). The lowest BCUT2D eigenvalue weighted by Crippen LogP contribution is -2.37. The van der Waals surface area contributed by atoms with Crippen molar-refractivity contribution in [2.75, 3.05) is 20.7 Å². The zero-order valence-corrected chi connectivity index (χ0v) is 13.4. The molecular weight excluding hydrogens is 282 g/mol. The maximum absolute atomic E-state index is 12.7. The lowest BCUT2D eigenvalue weighted by atomic mass is 9.93. The molecule has 1 N–H and O–H groups in total. The summed E-state index contributed by atoms with van der Waals surface area (Å²) in [5.41, 5.74) is 1.59. The van der Waals surface area contributed by atoms with E-state index in [1.54, 1.807) is 19.1 Å². The molecule has 1 aliphatic carbocycles. The number of rotatable bonds is 7. The van der Waals surface area contributed by atoms with Gasteiger partial charge in [0.15, 0.2) is 0 Å². The Balaban J connectivity index is 2.10. The average Bonchev–Trinajstić information content (AvgIpc) is 3.28. The van der Waals surface area contributed by atoms with E-state index in [4.69, 9.17) is 9.84 Å². The van der Waals surface area contributed by atoms with Crippen LogP contribution in [0.2, 0.25) is 0 Å². The number of hydrogen-bond acceptors (Lipinski definition) is 3. The van der Waals surface area contributed by atoms with Gasteiger partial charge in [0.1, 0.15) is 5.75 Å². The van der Waals surface area contributed by atoms with Crippen LogP contribution in [0.4, 0.5) is 0 Å². The Morgan fingerprint density at radius 2 is 2.05 bits per heavy atom. The summed E-state index contributed by atoms with van der Waals surface area (Å²) < 4.78 is 5.35.